The second-order valence-electron chi connectivity index (χ2n) is 4.85. The summed E-state index contributed by atoms with van der Waals surface area (Å²) >= 11 is 9.65. The van der Waals surface area contributed by atoms with Gasteiger partial charge in [0.05, 0.1) is 6.04 Å². The highest BCUT2D eigenvalue weighted by Crippen LogP contribution is 2.30. The summed E-state index contributed by atoms with van der Waals surface area (Å²) in [7, 11) is 0. The van der Waals surface area contributed by atoms with Gasteiger partial charge in [-0.05, 0) is 48.7 Å². The zero-order chi connectivity index (χ0) is 14.5. The van der Waals surface area contributed by atoms with Crippen molar-refractivity contribution in [1.82, 2.24) is 10.3 Å². The van der Waals surface area contributed by atoms with Crippen LogP contribution in [0.3, 0.4) is 0 Å². The third-order valence-electron chi connectivity index (χ3n) is 3.10. The lowest BCUT2D eigenvalue weighted by molar-refractivity contribution is 0.595. The molecule has 2 nitrogen and oxygen atoms in total. The third-order valence-corrected chi connectivity index (χ3v) is 4.02. The topological polar surface area (TPSA) is 24.9 Å². The Morgan fingerprint density at radius 2 is 2.10 bits per heavy atom. The molecule has 1 atom stereocenters. The van der Waals surface area contributed by atoms with Crippen LogP contribution in [0.2, 0.25) is 5.02 Å². The molecule has 20 heavy (non-hydrogen) atoms. The van der Waals surface area contributed by atoms with E-state index in [-0.39, 0.29) is 6.04 Å². The van der Waals surface area contributed by atoms with Gasteiger partial charge in [-0.1, -0.05) is 46.6 Å². The number of pyridine rings is 1. The zero-order valence-corrected chi connectivity index (χ0v) is 14.0. The van der Waals surface area contributed by atoms with Gasteiger partial charge in [-0.15, -0.1) is 0 Å². The molecule has 0 amide bonds. The predicted molar refractivity (Wildman–Crippen MR) is 88.3 cm³/mol. The van der Waals surface area contributed by atoms with Crippen molar-refractivity contribution < 1.29 is 0 Å². The molecule has 4 heteroatoms. The van der Waals surface area contributed by atoms with Crippen molar-refractivity contribution in [3.8, 4) is 0 Å². The van der Waals surface area contributed by atoms with Crippen LogP contribution < -0.4 is 5.32 Å². The first-order chi connectivity index (χ1) is 9.61. The highest BCUT2D eigenvalue weighted by Gasteiger charge is 2.16. The zero-order valence-electron chi connectivity index (χ0n) is 11.7. The molecule has 0 spiro atoms. The Labute approximate surface area is 133 Å². The minimum absolute atomic E-state index is 0.119. The molecule has 0 saturated heterocycles. The van der Waals surface area contributed by atoms with E-state index in [1.165, 1.54) is 11.1 Å². The van der Waals surface area contributed by atoms with E-state index < -0.39 is 0 Å². The van der Waals surface area contributed by atoms with Crippen LogP contribution in [0.5, 0.6) is 0 Å². The van der Waals surface area contributed by atoms with E-state index in [0.29, 0.717) is 0 Å². The van der Waals surface area contributed by atoms with E-state index in [1.807, 2.05) is 24.5 Å². The Balaban J connectivity index is 2.41. The third kappa shape index (κ3) is 3.81. The van der Waals surface area contributed by atoms with Crippen molar-refractivity contribution >= 4 is 27.5 Å². The Hall–Kier alpha value is -0.900. The Bertz CT molecular complexity index is 586. The van der Waals surface area contributed by atoms with E-state index in [2.05, 4.69) is 52.2 Å². The van der Waals surface area contributed by atoms with Crippen LogP contribution in [0.4, 0.5) is 0 Å². The number of aryl methyl sites for hydroxylation is 1. The first kappa shape index (κ1) is 15.5. The van der Waals surface area contributed by atoms with Gasteiger partial charge in [-0.3, -0.25) is 4.98 Å². The van der Waals surface area contributed by atoms with Crippen molar-refractivity contribution in [3.05, 3.63) is 62.8 Å². The van der Waals surface area contributed by atoms with Gasteiger partial charge in [-0.2, -0.15) is 0 Å². The number of hydrogen-bond donors (Lipinski definition) is 1. The molecule has 1 aromatic heterocycles. The molecule has 1 N–H and O–H groups in total. The van der Waals surface area contributed by atoms with E-state index in [4.69, 9.17) is 11.6 Å². The standard InChI is InChI=1S/C16H18BrClN2/c1-3-6-20-16(12-7-11(2)9-19-10-12)14-5-4-13(18)8-15(14)17/h4-5,7-10,16,20H,3,6H2,1-2H3. The highest BCUT2D eigenvalue weighted by molar-refractivity contribution is 9.10. The summed E-state index contributed by atoms with van der Waals surface area (Å²) in [4.78, 5) is 4.30. The monoisotopic (exact) mass is 352 g/mol. The molecule has 0 aliphatic carbocycles. The lowest BCUT2D eigenvalue weighted by atomic mass is 9.99. The minimum Gasteiger partial charge on any atom is -0.306 e. The van der Waals surface area contributed by atoms with Gasteiger partial charge in [0.25, 0.3) is 0 Å². The Kier molecular flexibility index (Phi) is 5.58. The molecule has 2 aromatic rings. The molecule has 106 valence electrons. The summed E-state index contributed by atoms with van der Waals surface area (Å²) < 4.78 is 1.01. The lowest BCUT2D eigenvalue weighted by Crippen LogP contribution is -2.23. The number of benzene rings is 1. The molecule has 1 unspecified atom stereocenters. The summed E-state index contributed by atoms with van der Waals surface area (Å²) in [6.07, 6.45) is 4.87. The Morgan fingerprint density at radius 1 is 1.30 bits per heavy atom. The van der Waals surface area contributed by atoms with Gasteiger partial charge in [0, 0.05) is 21.9 Å². The predicted octanol–water partition coefficient (Wildman–Crippen LogP) is 4.89. The summed E-state index contributed by atoms with van der Waals surface area (Å²) in [5, 5.41) is 4.31. The van der Waals surface area contributed by atoms with Crippen molar-refractivity contribution in [2.45, 2.75) is 26.3 Å². The maximum atomic E-state index is 6.03. The van der Waals surface area contributed by atoms with Gasteiger partial charge < -0.3 is 5.32 Å². The van der Waals surface area contributed by atoms with Crippen molar-refractivity contribution in [2.24, 2.45) is 0 Å². The molecule has 0 bridgehead atoms. The van der Waals surface area contributed by atoms with Gasteiger partial charge >= 0.3 is 0 Å². The maximum Gasteiger partial charge on any atom is 0.0603 e. The molecule has 0 fully saturated rings. The normalized spacial score (nSPS) is 12.4. The first-order valence-electron chi connectivity index (χ1n) is 6.71. The fourth-order valence-corrected chi connectivity index (χ4v) is 3.08. The maximum absolute atomic E-state index is 6.03. The first-order valence-corrected chi connectivity index (χ1v) is 7.88. The van der Waals surface area contributed by atoms with Gasteiger partial charge in [0.1, 0.15) is 0 Å². The van der Waals surface area contributed by atoms with Crippen LogP contribution in [0, 0.1) is 6.92 Å². The number of nitrogens with zero attached hydrogens (tertiary/aromatic N) is 1. The van der Waals surface area contributed by atoms with E-state index in [0.717, 1.165) is 28.0 Å². The summed E-state index contributed by atoms with van der Waals surface area (Å²) in [5.41, 5.74) is 3.51. The van der Waals surface area contributed by atoms with Crippen LogP contribution in [-0.2, 0) is 0 Å². The number of hydrogen-bond acceptors (Lipinski definition) is 2. The number of nitrogens with one attached hydrogen (secondary N) is 1. The smallest absolute Gasteiger partial charge is 0.0603 e. The Morgan fingerprint density at radius 3 is 2.75 bits per heavy atom. The van der Waals surface area contributed by atoms with E-state index in [9.17, 15) is 0 Å². The summed E-state index contributed by atoms with van der Waals surface area (Å²) in [5.74, 6) is 0. The molecule has 2 rings (SSSR count). The average Bonchev–Trinajstić information content (AvgIpc) is 2.41. The van der Waals surface area contributed by atoms with Gasteiger partial charge in [0.15, 0.2) is 0 Å². The van der Waals surface area contributed by atoms with Crippen LogP contribution >= 0.6 is 27.5 Å². The lowest BCUT2D eigenvalue weighted by Gasteiger charge is -2.21. The highest BCUT2D eigenvalue weighted by atomic mass is 79.9. The number of halogens is 2. The largest absolute Gasteiger partial charge is 0.306 e. The van der Waals surface area contributed by atoms with Gasteiger partial charge in [0.2, 0.25) is 0 Å². The summed E-state index contributed by atoms with van der Waals surface area (Å²) in [6, 6.07) is 8.20. The second kappa shape index (κ2) is 7.21. The molecule has 1 heterocycles. The van der Waals surface area contributed by atoms with Crippen molar-refractivity contribution in [1.29, 1.82) is 0 Å². The van der Waals surface area contributed by atoms with Crippen molar-refractivity contribution in [3.63, 3.8) is 0 Å². The van der Waals surface area contributed by atoms with E-state index in [1.54, 1.807) is 0 Å². The molecule has 0 radical (unpaired) electrons. The molecule has 0 aliphatic rings. The molecular weight excluding hydrogens is 336 g/mol. The van der Waals surface area contributed by atoms with Crippen LogP contribution in [0.15, 0.2) is 41.1 Å². The molecule has 0 aliphatic heterocycles. The van der Waals surface area contributed by atoms with Crippen LogP contribution in [-0.4, -0.2) is 11.5 Å². The SMILES string of the molecule is CCCNC(c1cncc(C)c1)c1ccc(Cl)cc1Br. The second-order valence-corrected chi connectivity index (χ2v) is 6.14. The number of rotatable bonds is 5. The average molecular weight is 354 g/mol. The molecule has 1 aromatic carbocycles. The fourth-order valence-electron chi connectivity index (χ4n) is 2.17. The van der Waals surface area contributed by atoms with Crippen molar-refractivity contribution in [2.75, 3.05) is 6.54 Å². The van der Waals surface area contributed by atoms with Crippen LogP contribution in [0.1, 0.15) is 36.1 Å². The summed E-state index contributed by atoms with van der Waals surface area (Å²) in [6.45, 7) is 5.17. The number of aromatic nitrogens is 1. The van der Waals surface area contributed by atoms with Crippen LogP contribution in [0.25, 0.3) is 0 Å². The molecule has 0 saturated carbocycles. The fraction of sp³-hybridized carbons (Fsp3) is 0.312. The minimum atomic E-state index is 0.119. The van der Waals surface area contributed by atoms with E-state index >= 15 is 0 Å². The van der Waals surface area contributed by atoms with Gasteiger partial charge in [-0.25, -0.2) is 0 Å². The quantitative estimate of drug-likeness (QED) is 0.827. The molecular formula is C16H18BrClN2.